The van der Waals surface area contributed by atoms with Crippen LogP contribution in [0.4, 0.5) is 0 Å². The van der Waals surface area contributed by atoms with Gasteiger partial charge in [-0.15, -0.1) is 0 Å². The minimum Gasteiger partial charge on any atom is -0.481 e. The molecule has 0 radical (unpaired) electrons. The van der Waals surface area contributed by atoms with E-state index in [2.05, 4.69) is 15.9 Å². The molecule has 4 fully saturated rings. The summed E-state index contributed by atoms with van der Waals surface area (Å²) in [6.45, 7) is 0. The summed E-state index contributed by atoms with van der Waals surface area (Å²) in [5, 5.41) is 9.37. The van der Waals surface area contributed by atoms with Crippen molar-refractivity contribution in [3.05, 3.63) is 16.0 Å². The Bertz CT molecular complexity index is 370. The van der Waals surface area contributed by atoms with Crippen LogP contribution in [-0.2, 0) is 4.79 Å². The summed E-state index contributed by atoms with van der Waals surface area (Å²) in [4.78, 5) is 12.9. The van der Waals surface area contributed by atoms with Crippen LogP contribution >= 0.6 is 15.9 Å². The minimum atomic E-state index is -0.546. The Kier molecular flexibility index (Phi) is 5.18. The molecule has 0 spiro atoms. The zero-order valence-electron chi connectivity index (χ0n) is 10.5. The van der Waals surface area contributed by atoms with Crippen LogP contribution in [0, 0.1) is 17.3 Å². The van der Waals surface area contributed by atoms with Gasteiger partial charge in [-0.2, -0.15) is 0 Å². The second kappa shape index (κ2) is 5.71. The molecule has 4 aliphatic rings. The van der Waals surface area contributed by atoms with Crippen molar-refractivity contribution in [3.8, 4) is 0 Å². The van der Waals surface area contributed by atoms with Gasteiger partial charge in [-0.25, -0.2) is 0 Å². The van der Waals surface area contributed by atoms with E-state index in [-0.39, 0.29) is 39.3 Å². The molecule has 0 aromatic heterocycles. The third kappa shape index (κ3) is 2.88. The van der Waals surface area contributed by atoms with Crippen LogP contribution in [0.3, 0.4) is 0 Å². The topological polar surface area (TPSA) is 96.0 Å². The second-order valence-corrected chi connectivity index (χ2v) is 7.47. The first kappa shape index (κ1) is 16.3. The SMILES string of the molecule is O=C(O)C12CC3CC(CC(Br)(C3)C1)C2.[N-]=[N+]=[N-].[Na+]. The van der Waals surface area contributed by atoms with Crippen LogP contribution in [0.5, 0.6) is 0 Å². The molecule has 4 aliphatic carbocycles. The molecule has 2 unspecified atom stereocenters. The molecule has 0 aliphatic heterocycles. The van der Waals surface area contributed by atoms with Gasteiger partial charge in [0.2, 0.25) is 0 Å². The van der Waals surface area contributed by atoms with Crippen molar-refractivity contribution in [1.29, 1.82) is 0 Å². The molecule has 5 nitrogen and oxygen atoms in total. The number of halogens is 1. The van der Waals surface area contributed by atoms with Gasteiger partial charge in [0.25, 0.3) is 0 Å². The Morgan fingerprint density at radius 1 is 1.22 bits per heavy atom. The van der Waals surface area contributed by atoms with Crippen molar-refractivity contribution in [1.82, 2.24) is 0 Å². The molecule has 2 atom stereocenters. The van der Waals surface area contributed by atoms with Crippen LogP contribution < -0.4 is 29.6 Å². The van der Waals surface area contributed by atoms with Crippen molar-refractivity contribution < 1.29 is 39.5 Å². The molecule has 94 valence electrons. The van der Waals surface area contributed by atoms with Crippen molar-refractivity contribution in [2.24, 2.45) is 17.3 Å². The van der Waals surface area contributed by atoms with E-state index in [1.807, 2.05) is 0 Å². The Morgan fingerprint density at radius 2 is 1.67 bits per heavy atom. The molecule has 0 amide bonds. The van der Waals surface area contributed by atoms with Crippen molar-refractivity contribution in [2.45, 2.75) is 42.8 Å². The molecule has 1 N–H and O–H groups in total. The van der Waals surface area contributed by atoms with Gasteiger partial charge in [0, 0.05) is 4.32 Å². The van der Waals surface area contributed by atoms with E-state index in [1.54, 1.807) is 0 Å². The summed E-state index contributed by atoms with van der Waals surface area (Å²) in [5.74, 6) is 0.800. The number of rotatable bonds is 1. The maximum Gasteiger partial charge on any atom is 1.00 e. The number of aliphatic carboxylic acids is 1. The Morgan fingerprint density at radius 3 is 2.00 bits per heavy atom. The maximum absolute atomic E-state index is 11.4. The molecule has 18 heavy (non-hydrogen) atoms. The van der Waals surface area contributed by atoms with E-state index in [4.69, 9.17) is 11.1 Å². The van der Waals surface area contributed by atoms with E-state index in [0.717, 1.165) is 19.3 Å². The molecule has 7 heteroatoms. The number of hydrogen-bond acceptors (Lipinski definition) is 1. The third-order valence-electron chi connectivity index (χ3n) is 4.44. The van der Waals surface area contributed by atoms with Crippen LogP contribution in [0.1, 0.15) is 38.5 Å². The summed E-state index contributed by atoms with van der Waals surface area (Å²) >= 11 is 3.80. The predicted octanol–water partition coefficient (Wildman–Crippen LogP) is 0.675. The quantitative estimate of drug-likeness (QED) is 0.252. The largest absolute Gasteiger partial charge is 1.00 e. The molecule has 0 aromatic carbocycles. The van der Waals surface area contributed by atoms with E-state index in [9.17, 15) is 9.90 Å². The Balaban J connectivity index is 0.000000372. The number of carboxylic acid groups (broad SMARTS) is 1. The smallest absolute Gasteiger partial charge is 0.481 e. The fourth-order valence-electron chi connectivity index (χ4n) is 4.40. The average Bonchev–Trinajstić information content (AvgIpc) is 2.14. The maximum atomic E-state index is 11.4. The fourth-order valence-corrected chi connectivity index (χ4v) is 5.85. The third-order valence-corrected chi connectivity index (χ3v) is 5.37. The van der Waals surface area contributed by atoms with E-state index in [1.165, 1.54) is 24.2 Å². The minimum absolute atomic E-state index is 0. The molecular formula is C11H15BrN3NaO2. The van der Waals surface area contributed by atoms with E-state index in [0.29, 0.717) is 11.8 Å². The van der Waals surface area contributed by atoms with Gasteiger partial charge in [0.05, 0.1) is 5.41 Å². The summed E-state index contributed by atoms with van der Waals surface area (Å²) in [7, 11) is 0. The first-order valence-electron chi connectivity index (χ1n) is 5.84. The molecule has 0 heterocycles. The van der Waals surface area contributed by atoms with Gasteiger partial charge in [0.15, 0.2) is 0 Å². The molecule has 0 aromatic rings. The summed E-state index contributed by atoms with van der Waals surface area (Å²) in [6, 6.07) is 0. The number of alkyl halides is 1. The first-order chi connectivity index (χ1) is 7.93. The Labute approximate surface area is 137 Å². The van der Waals surface area contributed by atoms with Gasteiger partial charge in [-0.1, -0.05) is 15.9 Å². The monoisotopic (exact) mass is 323 g/mol. The first-order valence-corrected chi connectivity index (χ1v) is 6.63. The van der Waals surface area contributed by atoms with Crippen molar-refractivity contribution >= 4 is 21.9 Å². The zero-order chi connectivity index (χ0) is 12.7. The number of carboxylic acids is 1. The molecule has 4 saturated carbocycles. The van der Waals surface area contributed by atoms with Gasteiger partial charge in [-0.3, -0.25) is 9.71 Å². The predicted molar refractivity (Wildman–Crippen MR) is 66.5 cm³/mol. The zero-order valence-corrected chi connectivity index (χ0v) is 14.1. The molecule has 0 saturated heterocycles. The van der Waals surface area contributed by atoms with Gasteiger partial charge >= 0.3 is 35.5 Å². The van der Waals surface area contributed by atoms with Gasteiger partial charge in [0.1, 0.15) is 0 Å². The van der Waals surface area contributed by atoms with Crippen LogP contribution in [0.2, 0.25) is 0 Å². The number of hydrogen-bond donors (Lipinski definition) is 1. The standard InChI is InChI=1S/C11H15BrO2.N3.Na/c12-11-4-7-1-8(5-11)3-10(2-7,6-11)9(13)14;1-3-2;/h7-8H,1-6H2,(H,13,14);;/q;-1;+1. The number of carbonyl (C=O) groups is 1. The summed E-state index contributed by atoms with van der Waals surface area (Å²) in [5.41, 5.74) is 13.1. The van der Waals surface area contributed by atoms with Gasteiger partial charge in [-0.05, 0) is 50.4 Å². The van der Waals surface area contributed by atoms with E-state index < -0.39 is 5.97 Å². The van der Waals surface area contributed by atoms with Crippen LogP contribution in [0.25, 0.3) is 16.0 Å². The molecule has 4 bridgehead atoms. The van der Waals surface area contributed by atoms with Crippen molar-refractivity contribution in [2.75, 3.05) is 0 Å². The average molecular weight is 324 g/mol. The van der Waals surface area contributed by atoms with Crippen LogP contribution in [-0.4, -0.2) is 15.4 Å². The summed E-state index contributed by atoms with van der Waals surface area (Å²) < 4.78 is 0.176. The van der Waals surface area contributed by atoms with Crippen LogP contribution in [0.15, 0.2) is 0 Å². The van der Waals surface area contributed by atoms with Gasteiger partial charge < -0.3 is 16.2 Å². The second-order valence-electron chi connectivity index (χ2n) is 5.79. The Hall–Kier alpha value is 0.260. The fraction of sp³-hybridized carbons (Fsp3) is 0.909. The van der Waals surface area contributed by atoms with E-state index >= 15 is 0 Å². The normalized spacial score (nSPS) is 43.2. The van der Waals surface area contributed by atoms with Crippen molar-refractivity contribution in [3.63, 3.8) is 0 Å². The molecular weight excluding hydrogens is 309 g/mol. The number of nitrogens with zero attached hydrogens (tertiary/aromatic N) is 3. The summed E-state index contributed by atoms with van der Waals surface area (Å²) in [6.07, 6.45) is 6.43. The molecule has 4 rings (SSSR count).